The van der Waals surface area contributed by atoms with Gasteiger partial charge in [0.15, 0.2) is 5.65 Å². The number of benzene rings is 1. The van der Waals surface area contributed by atoms with E-state index in [0.717, 1.165) is 26.3 Å². The van der Waals surface area contributed by atoms with Crippen LogP contribution in [0, 0.1) is 13.0 Å². The van der Waals surface area contributed by atoms with Gasteiger partial charge < -0.3 is 4.57 Å². The fraction of sp³-hybridized carbons (Fsp3) is 0.188. The van der Waals surface area contributed by atoms with E-state index in [1.54, 1.807) is 17.5 Å². The van der Waals surface area contributed by atoms with E-state index in [9.17, 15) is 4.79 Å². The van der Waals surface area contributed by atoms with Crippen molar-refractivity contribution in [2.24, 2.45) is 7.05 Å². The summed E-state index contributed by atoms with van der Waals surface area (Å²) in [6, 6.07) is 10.6. The quantitative estimate of drug-likeness (QED) is 0.572. The molecule has 0 atom stereocenters. The molecule has 0 saturated heterocycles. The first-order chi connectivity index (χ1) is 10.6. The zero-order valence-corrected chi connectivity index (χ0v) is 13.0. The Morgan fingerprint density at radius 2 is 2.27 bits per heavy atom. The largest absolute Gasteiger partial charge is 0.323 e. The van der Waals surface area contributed by atoms with Crippen LogP contribution >= 0.6 is 11.3 Å². The normalized spacial score (nSPS) is 11.5. The van der Waals surface area contributed by atoms with Crippen LogP contribution in [0.25, 0.3) is 21.3 Å². The van der Waals surface area contributed by atoms with Crippen molar-refractivity contribution in [2.75, 3.05) is 0 Å². The van der Waals surface area contributed by atoms with Gasteiger partial charge in [-0.15, -0.1) is 11.3 Å². The molecule has 6 heteroatoms. The molecule has 1 radical (unpaired) electrons. The second-order valence-corrected chi connectivity index (χ2v) is 6.43. The molecule has 0 aliphatic rings. The lowest BCUT2D eigenvalue weighted by atomic mass is 10.2. The van der Waals surface area contributed by atoms with Crippen molar-refractivity contribution in [3.05, 3.63) is 57.5 Å². The highest BCUT2D eigenvalue weighted by Crippen LogP contribution is 2.30. The average Bonchev–Trinajstić information content (AvgIpc) is 3.01. The smallest absolute Gasteiger partial charge is 0.291 e. The summed E-state index contributed by atoms with van der Waals surface area (Å²) in [6.45, 7) is 2.41. The maximum atomic E-state index is 12.8. The number of hydrogen-bond acceptors (Lipinski definition) is 4. The maximum absolute atomic E-state index is 12.8. The van der Waals surface area contributed by atoms with Crippen molar-refractivity contribution < 1.29 is 0 Å². The third-order valence-corrected chi connectivity index (χ3v) is 4.73. The lowest BCUT2D eigenvalue weighted by Crippen LogP contribution is -2.24. The summed E-state index contributed by atoms with van der Waals surface area (Å²) >= 11 is 1.60. The maximum Gasteiger partial charge on any atom is 0.291 e. The highest BCUT2D eigenvalue weighted by Gasteiger charge is 2.17. The molecule has 3 aromatic heterocycles. The summed E-state index contributed by atoms with van der Waals surface area (Å²) < 4.78 is 4.38. The van der Waals surface area contributed by atoms with Crippen molar-refractivity contribution >= 4 is 32.6 Å². The van der Waals surface area contributed by atoms with Crippen LogP contribution in [-0.2, 0) is 13.6 Å². The van der Waals surface area contributed by atoms with Gasteiger partial charge in [-0.05, 0) is 24.6 Å². The van der Waals surface area contributed by atoms with Crippen molar-refractivity contribution in [3.63, 3.8) is 0 Å². The predicted molar refractivity (Wildman–Crippen MR) is 87.3 cm³/mol. The van der Waals surface area contributed by atoms with Crippen LogP contribution in [0.1, 0.15) is 10.6 Å². The Labute approximate surface area is 130 Å². The van der Waals surface area contributed by atoms with Crippen LogP contribution in [-0.4, -0.2) is 19.3 Å². The Kier molecular flexibility index (Phi) is 2.87. The van der Waals surface area contributed by atoms with E-state index in [-0.39, 0.29) is 5.56 Å². The molecule has 1 aromatic carbocycles. The van der Waals surface area contributed by atoms with E-state index in [2.05, 4.69) is 16.1 Å². The van der Waals surface area contributed by atoms with Crippen LogP contribution in [0.2, 0.25) is 0 Å². The number of aryl methyl sites for hydroxylation is 2. The van der Waals surface area contributed by atoms with Crippen LogP contribution in [0.4, 0.5) is 0 Å². The summed E-state index contributed by atoms with van der Waals surface area (Å²) in [5.41, 5.74) is 2.42. The minimum atomic E-state index is -0.0910. The molecule has 4 rings (SSSR count). The molecule has 0 unspecified atom stereocenters. The molecule has 0 saturated carbocycles. The Bertz CT molecular complexity index is 1040. The summed E-state index contributed by atoms with van der Waals surface area (Å²) in [4.78, 5) is 17.3. The summed E-state index contributed by atoms with van der Waals surface area (Å²) in [5.74, 6) is 0. The van der Waals surface area contributed by atoms with Crippen LogP contribution < -0.4 is 5.56 Å². The Balaban J connectivity index is 1.94. The van der Waals surface area contributed by atoms with Gasteiger partial charge in [0.25, 0.3) is 5.56 Å². The molecule has 0 bridgehead atoms. The molecule has 4 aromatic rings. The molecule has 3 heterocycles. The number of rotatable bonds is 2. The van der Waals surface area contributed by atoms with Gasteiger partial charge in [0.05, 0.1) is 22.4 Å². The van der Waals surface area contributed by atoms with Gasteiger partial charge in [-0.1, -0.05) is 18.2 Å². The lowest BCUT2D eigenvalue weighted by molar-refractivity contribution is 0.644. The van der Waals surface area contributed by atoms with E-state index in [1.807, 2.05) is 42.8 Å². The summed E-state index contributed by atoms with van der Waals surface area (Å²) in [6.07, 6.45) is 1.77. The number of nitrogens with zero attached hydrogens (tertiary/aromatic N) is 4. The molecule has 0 fully saturated rings. The first-order valence-electron chi connectivity index (χ1n) is 6.92. The van der Waals surface area contributed by atoms with Crippen LogP contribution in [0.15, 0.2) is 35.3 Å². The molecule has 109 valence electrons. The van der Waals surface area contributed by atoms with Gasteiger partial charge in [-0.3, -0.25) is 4.79 Å². The predicted octanol–water partition coefficient (Wildman–Crippen LogP) is 2.50. The topological polar surface area (TPSA) is 52.7 Å². The van der Waals surface area contributed by atoms with Gasteiger partial charge in [-0.25, -0.2) is 9.67 Å². The van der Waals surface area contributed by atoms with Crippen molar-refractivity contribution in [2.45, 2.75) is 13.5 Å². The number of thiazole rings is 1. The minimum absolute atomic E-state index is 0.0910. The Morgan fingerprint density at radius 1 is 1.41 bits per heavy atom. The minimum Gasteiger partial charge on any atom is -0.323 e. The van der Waals surface area contributed by atoms with Gasteiger partial charge in [0.2, 0.25) is 0 Å². The van der Waals surface area contributed by atoms with Crippen molar-refractivity contribution in [3.8, 4) is 0 Å². The number of fused-ring (bicyclic) bond motifs is 3. The molecule has 0 aliphatic carbocycles. The molecule has 22 heavy (non-hydrogen) atoms. The molecular formula is C16H13N4OS. The second kappa shape index (κ2) is 4.78. The molecule has 0 spiro atoms. The molecule has 0 N–H and O–H groups in total. The number of aromatic nitrogens is 4. The highest BCUT2D eigenvalue weighted by atomic mass is 32.1. The highest BCUT2D eigenvalue weighted by molar-refractivity contribution is 7.19. The first-order valence-corrected chi connectivity index (χ1v) is 7.73. The fourth-order valence-electron chi connectivity index (χ4n) is 2.71. The standard InChI is InChI=1S/C16H13N4OS/c1-10-18-15-14(22-10)12-8-17-20(16(21)13(12)19(15)2)9-11-6-4-3-5-7-11/h3-4,6-8H,9H2,1-2H3. The Morgan fingerprint density at radius 3 is 3.05 bits per heavy atom. The molecular weight excluding hydrogens is 296 g/mol. The zero-order valence-electron chi connectivity index (χ0n) is 12.2. The van der Waals surface area contributed by atoms with Gasteiger partial charge in [-0.2, -0.15) is 5.10 Å². The van der Waals surface area contributed by atoms with E-state index in [0.29, 0.717) is 12.1 Å². The van der Waals surface area contributed by atoms with Crippen LogP contribution in [0.3, 0.4) is 0 Å². The van der Waals surface area contributed by atoms with Crippen molar-refractivity contribution in [1.29, 1.82) is 0 Å². The van der Waals surface area contributed by atoms with Gasteiger partial charge in [0.1, 0.15) is 5.52 Å². The lowest BCUT2D eigenvalue weighted by Gasteiger charge is -2.05. The monoisotopic (exact) mass is 309 g/mol. The first kappa shape index (κ1) is 13.2. The van der Waals surface area contributed by atoms with Crippen molar-refractivity contribution in [1.82, 2.24) is 19.3 Å². The third-order valence-electron chi connectivity index (χ3n) is 3.74. The molecule has 0 amide bonds. The average molecular weight is 309 g/mol. The van der Waals surface area contributed by atoms with E-state index >= 15 is 0 Å². The molecule has 0 aliphatic heterocycles. The van der Waals surface area contributed by atoms with E-state index < -0.39 is 0 Å². The zero-order chi connectivity index (χ0) is 15.3. The van der Waals surface area contributed by atoms with Gasteiger partial charge in [0, 0.05) is 12.4 Å². The fourth-order valence-corrected chi connectivity index (χ4v) is 3.67. The third kappa shape index (κ3) is 1.88. The van der Waals surface area contributed by atoms with E-state index in [1.165, 1.54) is 4.68 Å². The summed E-state index contributed by atoms with van der Waals surface area (Å²) in [7, 11) is 1.88. The second-order valence-electron chi connectivity index (χ2n) is 5.23. The number of hydrogen-bond donors (Lipinski definition) is 0. The van der Waals surface area contributed by atoms with E-state index in [4.69, 9.17) is 0 Å². The van der Waals surface area contributed by atoms with Crippen LogP contribution in [0.5, 0.6) is 0 Å². The van der Waals surface area contributed by atoms with Gasteiger partial charge >= 0.3 is 0 Å². The Hall–Kier alpha value is -2.47. The summed E-state index contributed by atoms with van der Waals surface area (Å²) in [5, 5.41) is 6.20. The SMILES string of the molecule is Cc1nc2c(s1)c1cnn(Cc3c[c]ccc3)c(=O)c1n2C. The molecule has 5 nitrogen and oxygen atoms in total.